The summed E-state index contributed by atoms with van der Waals surface area (Å²) in [6, 6.07) is 0. The number of carboxylic acids is 1. The van der Waals surface area contributed by atoms with Crippen LogP contribution in [0.25, 0.3) is 0 Å². The van der Waals surface area contributed by atoms with Crippen LogP contribution in [0.4, 0.5) is 0 Å². The molecule has 1 heterocycles. The van der Waals surface area contributed by atoms with Crippen LogP contribution in [0.5, 0.6) is 0 Å². The highest BCUT2D eigenvalue weighted by Gasteiger charge is 2.43. The minimum Gasteiger partial charge on any atom is -0.479 e. The first-order chi connectivity index (χ1) is 8.00. The van der Waals surface area contributed by atoms with Crippen LogP contribution in [0.2, 0.25) is 0 Å². The summed E-state index contributed by atoms with van der Waals surface area (Å²) in [4.78, 5) is 22.8. The van der Waals surface area contributed by atoms with E-state index in [1.807, 2.05) is 6.92 Å². The summed E-state index contributed by atoms with van der Waals surface area (Å²) in [6.07, 6.45) is 1.28. The number of hydrogen-bond acceptors (Lipinski definition) is 4. The van der Waals surface area contributed by atoms with E-state index in [-0.39, 0.29) is 18.4 Å². The van der Waals surface area contributed by atoms with Crippen molar-refractivity contribution < 1.29 is 19.4 Å². The molecule has 0 aromatic rings. The van der Waals surface area contributed by atoms with E-state index in [0.717, 1.165) is 0 Å². The lowest BCUT2D eigenvalue weighted by atomic mass is 9.98. The normalized spacial score (nSPS) is 25.5. The van der Waals surface area contributed by atoms with Crippen molar-refractivity contribution in [2.24, 2.45) is 11.7 Å². The molecule has 0 bridgehead atoms. The first-order valence-electron chi connectivity index (χ1n) is 5.82. The van der Waals surface area contributed by atoms with Crippen molar-refractivity contribution in [1.82, 2.24) is 5.32 Å². The highest BCUT2D eigenvalue weighted by molar-refractivity contribution is 5.87. The molecule has 1 rings (SSSR count). The Labute approximate surface area is 101 Å². The van der Waals surface area contributed by atoms with E-state index in [9.17, 15) is 9.59 Å². The van der Waals surface area contributed by atoms with Crippen LogP contribution in [0.3, 0.4) is 0 Å². The van der Waals surface area contributed by atoms with Crippen molar-refractivity contribution in [3.8, 4) is 0 Å². The Morgan fingerprint density at radius 1 is 1.59 bits per heavy atom. The van der Waals surface area contributed by atoms with E-state index >= 15 is 0 Å². The average Bonchev–Trinajstić information content (AvgIpc) is 2.75. The molecule has 2 atom stereocenters. The number of aliphatic carboxylic acids is 1. The molecule has 0 radical (unpaired) electrons. The van der Waals surface area contributed by atoms with E-state index in [4.69, 9.17) is 15.6 Å². The van der Waals surface area contributed by atoms with Gasteiger partial charge in [-0.05, 0) is 18.9 Å². The maximum atomic E-state index is 11.7. The minimum absolute atomic E-state index is 0.0422. The molecule has 4 N–H and O–H groups in total. The van der Waals surface area contributed by atoms with E-state index in [2.05, 4.69) is 5.32 Å². The Morgan fingerprint density at radius 3 is 2.76 bits per heavy atom. The maximum absolute atomic E-state index is 11.7. The van der Waals surface area contributed by atoms with Crippen LogP contribution in [0.1, 0.15) is 26.2 Å². The molecule has 17 heavy (non-hydrogen) atoms. The summed E-state index contributed by atoms with van der Waals surface area (Å²) in [5, 5.41) is 11.7. The molecular formula is C11H20N2O4. The fourth-order valence-electron chi connectivity index (χ4n) is 1.71. The summed E-state index contributed by atoms with van der Waals surface area (Å²) in [5.74, 6) is -1.02. The molecule has 0 aromatic carbocycles. The summed E-state index contributed by atoms with van der Waals surface area (Å²) >= 11 is 0. The van der Waals surface area contributed by atoms with E-state index < -0.39 is 11.5 Å². The van der Waals surface area contributed by atoms with Crippen LogP contribution in [0, 0.1) is 5.92 Å². The quantitative estimate of drug-likeness (QED) is 0.596. The molecule has 0 saturated carbocycles. The van der Waals surface area contributed by atoms with Gasteiger partial charge in [-0.15, -0.1) is 0 Å². The summed E-state index contributed by atoms with van der Waals surface area (Å²) in [7, 11) is 0. The lowest BCUT2D eigenvalue weighted by molar-refractivity contribution is -0.147. The number of carbonyl (C=O) groups excluding carboxylic acids is 1. The zero-order valence-electron chi connectivity index (χ0n) is 10.1. The summed E-state index contributed by atoms with van der Waals surface area (Å²) in [5.41, 5.74) is 4.22. The monoisotopic (exact) mass is 244 g/mol. The Bertz CT molecular complexity index is 287. The van der Waals surface area contributed by atoms with Crippen molar-refractivity contribution >= 4 is 11.9 Å². The standard InChI is InChI=1S/C11H20N2O4/c1-8(6-12)2-3-9(14)13-11(10(15)16)4-5-17-7-11/h8H,2-7,12H2,1H3,(H,13,14)(H,15,16). The van der Waals surface area contributed by atoms with Crippen molar-refractivity contribution in [3.05, 3.63) is 0 Å². The van der Waals surface area contributed by atoms with Gasteiger partial charge in [0.25, 0.3) is 0 Å². The zero-order valence-corrected chi connectivity index (χ0v) is 10.1. The Morgan fingerprint density at radius 2 is 2.29 bits per heavy atom. The third-order valence-corrected chi connectivity index (χ3v) is 3.08. The van der Waals surface area contributed by atoms with Gasteiger partial charge in [0.15, 0.2) is 5.54 Å². The number of rotatable bonds is 6. The lowest BCUT2D eigenvalue weighted by Gasteiger charge is -2.23. The van der Waals surface area contributed by atoms with E-state index in [1.165, 1.54) is 0 Å². The highest BCUT2D eigenvalue weighted by atomic mass is 16.5. The third-order valence-electron chi connectivity index (χ3n) is 3.08. The third kappa shape index (κ3) is 3.67. The number of nitrogens with two attached hydrogens (primary N) is 1. The van der Waals surface area contributed by atoms with Crippen LogP contribution in [-0.2, 0) is 14.3 Å². The number of amides is 1. The van der Waals surface area contributed by atoms with Gasteiger partial charge in [-0.25, -0.2) is 4.79 Å². The molecule has 1 amide bonds. The van der Waals surface area contributed by atoms with Gasteiger partial charge in [-0.1, -0.05) is 6.92 Å². The summed E-state index contributed by atoms with van der Waals surface area (Å²) < 4.78 is 5.05. The van der Waals surface area contributed by atoms with E-state index in [0.29, 0.717) is 32.4 Å². The number of hydrogen-bond donors (Lipinski definition) is 3. The molecule has 0 aromatic heterocycles. The largest absolute Gasteiger partial charge is 0.479 e. The predicted molar refractivity (Wildman–Crippen MR) is 61.4 cm³/mol. The van der Waals surface area contributed by atoms with Crippen molar-refractivity contribution in [2.45, 2.75) is 31.7 Å². The molecule has 1 saturated heterocycles. The molecule has 2 unspecified atom stereocenters. The fraction of sp³-hybridized carbons (Fsp3) is 0.818. The van der Waals surface area contributed by atoms with Crippen molar-refractivity contribution in [1.29, 1.82) is 0 Å². The molecule has 6 nitrogen and oxygen atoms in total. The van der Waals surface area contributed by atoms with Gasteiger partial charge in [0.1, 0.15) is 0 Å². The van der Waals surface area contributed by atoms with Crippen LogP contribution < -0.4 is 11.1 Å². The first kappa shape index (κ1) is 13.9. The molecule has 1 aliphatic heterocycles. The average molecular weight is 244 g/mol. The highest BCUT2D eigenvalue weighted by Crippen LogP contribution is 2.19. The SMILES string of the molecule is CC(CN)CCC(=O)NC1(C(=O)O)CCOC1. The lowest BCUT2D eigenvalue weighted by Crippen LogP contribution is -2.55. The van der Waals surface area contributed by atoms with Crippen molar-refractivity contribution in [3.63, 3.8) is 0 Å². The number of carbonyl (C=O) groups is 2. The van der Waals surface area contributed by atoms with Crippen molar-refractivity contribution in [2.75, 3.05) is 19.8 Å². The number of ether oxygens (including phenoxy) is 1. The second-order valence-electron chi connectivity index (χ2n) is 4.62. The van der Waals surface area contributed by atoms with Crippen LogP contribution in [-0.4, -0.2) is 42.3 Å². The van der Waals surface area contributed by atoms with Gasteiger partial charge < -0.3 is 20.9 Å². The Hall–Kier alpha value is -1.14. The molecular weight excluding hydrogens is 224 g/mol. The topological polar surface area (TPSA) is 102 Å². The minimum atomic E-state index is -1.23. The van der Waals surface area contributed by atoms with Gasteiger partial charge in [0.05, 0.1) is 6.61 Å². The molecule has 0 aliphatic carbocycles. The second-order valence-corrected chi connectivity index (χ2v) is 4.62. The maximum Gasteiger partial charge on any atom is 0.331 e. The van der Waals surface area contributed by atoms with Crippen LogP contribution in [0.15, 0.2) is 0 Å². The molecule has 98 valence electrons. The predicted octanol–water partition coefficient (Wildman–Crippen LogP) is -0.279. The molecule has 1 fully saturated rings. The van der Waals surface area contributed by atoms with Gasteiger partial charge >= 0.3 is 5.97 Å². The summed E-state index contributed by atoms with van der Waals surface area (Å²) in [6.45, 7) is 2.89. The second kappa shape index (κ2) is 5.97. The molecule has 1 aliphatic rings. The Balaban J connectivity index is 2.45. The molecule has 6 heteroatoms. The van der Waals surface area contributed by atoms with Gasteiger partial charge in [0.2, 0.25) is 5.91 Å². The van der Waals surface area contributed by atoms with Crippen LogP contribution >= 0.6 is 0 Å². The van der Waals surface area contributed by atoms with Gasteiger partial charge in [-0.2, -0.15) is 0 Å². The smallest absolute Gasteiger partial charge is 0.331 e. The molecule has 0 spiro atoms. The fourth-order valence-corrected chi connectivity index (χ4v) is 1.71. The first-order valence-corrected chi connectivity index (χ1v) is 5.82. The van der Waals surface area contributed by atoms with E-state index in [1.54, 1.807) is 0 Å². The number of carboxylic acid groups (broad SMARTS) is 1. The number of nitrogens with one attached hydrogen (secondary N) is 1. The van der Waals surface area contributed by atoms with Gasteiger partial charge in [0, 0.05) is 19.4 Å². The van der Waals surface area contributed by atoms with Gasteiger partial charge in [-0.3, -0.25) is 4.79 Å². The zero-order chi connectivity index (χ0) is 12.9. The Kier molecular flexibility index (Phi) is 4.89.